The molecular weight excluding hydrogens is 160 g/mol. The molecule has 0 aromatic carbocycles. The van der Waals surface area contributed by atoms with E-state index in [0.717, 1.165) is 0 Å². The maximum Gasteiger partial charge on any atom is 0.510 e. The number of hydrogen-bond donors (Lipinski definition) is 0. The number of ether oxygens (including phenoxy) is 3. The van der Waals surface area contributed by atoms with Gasteiger partial charge in [0.1, 0.15) is 0 Å². The number of rotatable bonds is 4. The normalized spacial score (nSPS) is 10.5. The SMILES string of the molecule is CC(C)OCOC(=O)OC(C)C. The molecule has 0 saturated carbocycles. The molecular formula is C8H16O4. The van der Waals surface area contributed by atoms with Gasteiger partial charge in [-0.1, -0.05) is 0 Å². The Labute approximate surface area is 72.8 Å². The molecule has 0 atom stereocenters. The van der Waals surface area contributed by atoms with Crippen molar-refractivity contribution in [2.75, 3.05) is 6.79 Å². The van der Waals surface area contributed by atoms with Crippen molar-refractivity contribution in [2.45, 2.75) is 39.9 Å². The monoisotopic (exact) mass is 176 g/mol. The summed E-state index contributed by atoms with van der Waals surface area (Å²) in [6, 6.07) is 0. The van der Waals surface area contributed by atoms with Crippen LogP contribution in [0.15, 0.2) is 0 Å². The largest absolute Gasteiger partial charge is 0.510 e. The van der Waals surface area contributed by atoms with E-state index in [1.807, 2.05) is 13.8 Å². The zero-order chi connectivity index (χ0) is 9.56. The van der Waals surface area contributed by atoms with Crippen LogP contribution in [0.1, 0.15) is 27.7 Å². The Morgan fingerprint density at radius 2 is 1.75 bits per heavy atom. The van der Waals surface area contributed by atoms with Crippen molar-refractivity contribution >= 4 is 6.16 Å². The van der Waals surface area contributed by atoms with Crippen LogP contribution in [0.25, 0.3) is 0 Å². The fourth-order valence-corrected chi connectivity index (χ4v) is 0.445. The lowest BCUT2D eigenvalue weighted by Crippen LogP contribution is -2.16. The third-order valence-electron chi connectivity index (χ3n) is 0.910. The molecule has 0 aliphatic carbocycles. The van der Waals surface area contributed by atoms with E-state index in [0.29, 0.717) is 0 Å². The van der Waals surface area contributed by atoms with Crippen molar-refractivity contribution in [1.82, 2.24) is 0 Å². The minimum atomic E-state index is -0.689. The van der Waals surface area contributed by atoms with Crippen molar-refractivity contribution in [1.29, 1.82) is 0 Å². The van der Waals surface area contributed by atoms with Gasteiger partial charge in [0.05, 0.1) is 12.2 Å². The highest BCUT2D eigenvalue weighted by Gasteiger charge is 2.05. The fourth-order valence-electron chi connectivity index (χ4n) is 0.445. The third-order valence-corrected chi connectivity index (χ3v) is 0.910. The second kappa shape index (κ2) is 5.83. The summed E-state index contributed by atoms with van der Waals surface area (Å²) < 4.78 is 14.2. The first kappa shape index (κ1) is 11.2. The molecule has 0 aromatic rings. The van der Waals surface area contributed by atoms with Gasteiger partial charge in [-0.15, -0.1) is 0 Å². The van der Waals surface area contributed by atoms with Gasteiger partial charge in [0.25, 0.3) is 0 Å². The van der Waals surface area contributed by atoms with Crippen LogP contribution in [0.2, 0.25) is 0 Å². The Bertz CT molecular complexity index is 131. The summed E-state index contributed by atoms with van der Waals surface area (Å²) in [5, 5.41) is 0. The molecule has 0 radical (unpaired) electrons. The van der Waals surface area contributed by atoms with Crippen LogP contribution < -0.4 is 0 Å². The highest BCUT2D eigenvalue weighted by molar-refractivity contribution is 5.59. The topological polar surface area (TPSA) is 44.8 Å². The molecule has 0 amide bonds. The van der Waals surface area contributed by atoms with Crippen molar-refractivity contribution < 1.29 is 19.0 Å². The van der Waals surface area contributed by atoms with E-state index < -0.39 is 6.16 Å². The molecule has 0 heterocycles. The molecule has 4 nitrogen and oxygen atoms in total. The summed E-state index contributed by atoms with van der Waals surface area (Å²) in [7, 11) is 0. The predicted molar refractivity (Wildman–Crippen MR) is 43.8 cm³/mol. The summed E-state index contributed by atoms with van der Waals surface area (Å²) >= 11 is 0. The second-order valence-corrected chi connectivity index (χ2v) is 2.89. The van der Waals surface area contributed by atoms with E-state index in [1.54, 1.807) is 13.8 Å². The number of carbonyl (C=O) groups is 1. The van der Waals surface area contributed by atoms with Gasteiger partial charge in [0.2, 0.25) is 0 Å². The zero-order valence-corrected chi connectivity index (χ0v) is 7.99. The molecule has 0 aliphatic heterocycles. The van der Waals surface area contributed by atoms with Crippen LogP contribution in [0.5, 0.6) is 0 Å². The number of hydrogen-bond acceptors (Lipinski definition) is 4. The summed E-state index contributed by atoms with van der Waals surface area (Å²) in [6.45, 7) is 7.17. The van der Waals surface area contributed by atoms with E-state index in [-0.39, 0.29) is 19.0 Å². The van der Waals surface area contributed by atoms with Gasteiger partial charge >= 0.3 is 6.16 Å². The van der Waals surface area contributed by atoms with E-state index in [4.69, 9.17) is 9.47 Å². The quantitative estimate of drug-likeness (QED) is 0.485. The first-order valence-electron chi connectivity index (χ1n) is 3.97. The summed E-state index contributed by atoms with van der Waals surface area (Å²) in [6.07, 6.45) is -0.793. The minimum Gasteiger partial charge on any atom is -0.432 e. The zero-order valence-electron chi connectivity index (χ0n) is 7.99. The molecule has 0 bridgehead atoms. The van der Waals surface area contributed by atoms with Crippen LogP contribution in [0, 0.1) is 0 Å². The summed E-state index contributed by atoms with van der Waals surface area (Å²) in [4.78, 5) is 10.7. The van der Waals surface area contributed by atoms with Crippen LogP contribution in [-0.4, -0.2) is 25.2 Å². The van der Waals surface area contributed by atoms with Crippen LogP contribution in [-0.2, 0) is 14.2 Å². The van der Waals surface area contributed by atoms with Crippen LogP contribution >= 0.6 is 0 Å². The van der Waals surface area contributed by atoms with Crippen LogP contribution in [0.3, 0.4) is 0 Å². The Morgan fingerprint density at radius 1 is 1.17 bits per heavy atom. The van der Waals surface area contributed by atoms with Crippen molar-refractivity contribution in [3.8, 4) is 0 Å². The average molecular weight is 176 g/mol. The van der Waals surface area contributed by atoms with Crippen molar-refractivity contribution in [3.63, 3.8) is 0 Å². The van der Waals surface area contributed by atoms with E-state index in [2.05, 4.69) is 4.74 Å². The summed E-state index contributed by atoms with van der Waals surface area (Å²) in [5.74, 6) is 0. The molecule has 0 N–H and O–H groups in total. The van der Waals surface area contributed by atoms with Gasteiger partial charge in [-0.2, -0.15) is 0 Å². The van der Waals surface area contributed by atoms with Gasteiger partial charge in [0, 0.05) is 0 Å². The van der Waals surface area contributed by atoms with Crippen LogP contribution in [0.4, 0.5) is 4.79 Å². The van der Waals surface area contributed by atoms with E-state index in [1.165, 1.54) is 0 Å². The Hall–Kier alpha value is -0.770. The van der Waals surface area contributed by atoms with Crippen molar-refractivity contribution in [3.05, 3.63) is 0 Å². The highest BCUT2D eigenvalue weighted by Crippen LogP contribution is 1.94. The molecule has 0 unspecified atom stereocenters. The second-order valence-electron chi connectivity index (χ2n) is 2.89. The highest BCUT2D eigenvalue weighted by atomic mass is 16.8. The predicted octanol–water partition coefficient (Wildman–Crippen LogP) is 1.93. The molecule has 0 aromatic heterocycles. The average Bonchev–Trinajstić information content (AvgIpc) is 1.84. The molecule has 0 rings (SSSR count). The van der Waals surface area contributed by atoms with Gasteiger partial charge in [-0.25, -0.2) is 4.79 Å². The molecule has 12 heavy (non-hydrogen) atoms. The minimum absolute atomic E-state index is 0.0524. The molecule has 0 saturated heterocycles. The molecule has 0 aliphatic rings. The molecule has 4 heteroatoms. The standard InChI is InChI=1S/C8H16O4/c1-6(2)10-5-11-8(9)12-7(3)4/h6-7H,5H2,1-4H3. The molecule has 72 valence electrons. The maximum absolute atomic E-state index is 10.7. The Balaban J connectivity index is 3.32. The van der Waals surface area contributed by atoms with Crippen molar-refractivity contribution in [2.24, 2.45) is 0 Å². The van der Waals surface area contributed by atoms with E-state index >= 15 is 0 Å². The Kier molecular flexibility index (Phi) is 5.45. The van der Waals surface area contributed by atoms with Gasteiger partial charge in [0.15, 0.2) is 6.79 Å². The summed E-state index contributed by atoms with van der Waals surface area (Å²) in [5.41, 5.74) is 0. The first-order chi connectivity index (χ1) is 5.52. The molecule has 0 fully saturated rings. The lowest BCUT2D eigenvalue weighted by molar-refractivity contribution is -0.0713. The fraction of sp³-hybridized carbons (Fsp3) is 0.875. The smallest absolute Gasteiger partial charge is 0.432 e. The first-order valence-corrected chi connectivity index (χ1v) is 3.97. The lowest BCUT2D eigenvalue weighted by atomic mass is 10.5. The van der Waals surface area contributed by atoms with Gasteiger partial charge < -0.3 is 14.2 Å². The maximum atomic E-state index is 10.7. The lowest BCUT2D eigenvalue weighted by Gasteiger charge is -2.10. The molecule has 0 spiro atoms. The van der Waals surface area contributed by atoms with Gasteiger partial charge in [-0.05, 0) is 27.7 Å². The number of carbonyl (C=O) groups excluding carboxylic acids is 1. The van der Waals surface area contributed by atoms with E-state index in [9.17, 15) is 4.79 Å². The van der Waals surface area contributed by atoms with Gasteiger partial charge in [-0.3, -0.25) is 0 Å². The third kappa shape index (κ3) is 7.34. The Morgan fingerprint density at radius 3 is 2.17 bits per heavy atom.